The molecule has 0 aromatic heterocycles. The molecule has 1 saturated carbocycles. The third-order valence-electron chi connectivity index (χ3n) is 4.53. The number of hydrogen-bond acceptors (Lipinski definition) is 3. The molecule has 0 bridgehead atoms. The highest BCUT2D eigenvalue weighted by molar-refractivity contribution is 5.81. The number of carbonyl (C=O) groups excluding carboxylic acids is 1. The number of β-amino-alcohol motifs (C(OH)–C–C–N with tert-alkyl or cyclic N) is 1. The van der Waals surface area contributed by atoms with Gasteiger partial charge in [0.1, 0.15) is 0 Å². The molecule has 18 heavy (non-hydrogen) atoms. The normalized spacial score (nSPS) is 28.9. The molecule has 1 aliphatic carbocycles. The van der Waals surface area contributed by atoms with Crippen molar-refractivity contribution in [3.63, 3.8) is 0 Å². The second-order valence-electron chi connectivity index (χ2n) is 5.97. The predicted octanol–water partition coefficient (Wildman–Crippen LogP) is 1.09. The summed E-state index contributed by atoms with van der Waals surface area (Å²) in [5.41, 5.74) is 0. The average molecular weight is 254 g/mol. The number of piperazine rings is 1. The molecule has 0 aromatic carbocycles. The van der Waals surface area contributed by atoms with Crippen LogP contribution in [0.3, 0.4) is 0 Å². The maximum absolute atomic E-state index is 11.9. The van der Waals surface area contributed by atoms with Crippen molar-refractivity contribution in [2.75, 3.05) is 26.7 Å². The Hall–Kier alpha value is -0.610. The maximum atomic E-state index is 11.9. The van der Waals surface area contributed by atoms with Crippen LogP contribution >= 0.6 is 0 Å². The minimum Gasteiger partial charge on any atom is -0.392 e. The zero-order valence-electron chi connectivity index (χ0n) is 11.6. The van der Waals surface area contributed by atoms with E-state index in [1.165, 1.54) is 25.7 Å². The fourth-order valence-electron chi connectivity index (χ4n) is 3.28. The highest BCUT2D eigenvalue weighted by atomic mass is 16.3. The molecule has 1 aliphatic heterocycles. The van der Waals surface area contributed by atoms with Crippen molar-refractivity contribution in [3.05, 3.63) is 0 Å². The molecule has 0 aromatic rings. The van der Waals surface area contributed by atoms with Crippen LogP contribution in [0.1, 0.15) is 39.0 Å². The Morgan fingerprint density at radius 2 is 2.00 bits per heavy atom. The average Bonchev–Trinajstić information content (AvgIpc) is 2.83. The monoisotopic (exact) mass is 254 g/mol. The summed E-state index contributed by atoms with van der Waals surface area (Å²) in [7, 11) is 1.85. The lowest BCUT2D eigenvalue weighted by atomic mass is 9.99. The number of carbonyl (C=O) groups is 1. The molecule has 2 unspecified atom stereocenters. The first kappa shape index (κ1) is 13.8. The molecular formula is C14H26N2O2. The Morgan fingerprint density at radius 3 is 2.67 bits per heavy atom. The zero-order chi connectivity index (χ0) is 13.1. The summed E-state index contributed by atoms with van der Waals surface area (Å²) in [6.45, 7) is 4.25. The third-order valence-corrected chi connectivity index (χ3v) is 4.53. The van der Waals surface area contributed by atoms with Crippen LogP contribution in [0.5, 0.6) is 0 Å². The maximum Gasteiger partial charge on any atom is 0.239 e. The number of aliphatic hydroxyl groups is 1. The Labute approximate surface area is 110 Å². The standard InChI is InChI=1S/C14H26N2O2/c1-11-14(18)15(2)7-8-16(11)10-13(17)9-12-5-3-4-6-12/h11-13,17H,3-10H2,1-2H3. The van der Waals surface area contributed by atoms with Gasteiger partial charge in [-0.1, -0.05) is 25.7 Å². The highest BCUT2D eigenvalue weighted by Gasteiger charge is 2.31. The lowest BCUT2D eigenvalue weighted by molar-refractivity contribution is -0.140. The summed E-state index contributed by atoms with van der Waals surface area (Å²) >= 11 is 0. The summed E-state index contributed by atoms with van der Waals surface area (Å²) in [4.78, 5) is 15.8. The van der Waals surface area contributed by atoms with Crippen LogP contribution in [-0.2, 0) is 4.79 Å². The predicted molar refractivity (Wildman–Crippen MR) is 71.3 cm³/mol. The topological polar surface area (TPSA) is 43.8 Å². The van der Waals surface area contributed by atoms with Gasteiger partial charge < -0.3 is 10.0 Å². The van der Waals surface area contributed by atoms with Crippen molar-refractivity contribution in [2.24, 2.45) is 5.92 Å². The van der Waals surface area contributed by atoms with Crippen LogP contribution in [0.25, 0.3) is 0 Å². The van der Waals surface area contributed by atoms with Gasteiger partial charge in [0.2, 0.25) is 5.91 Å². The summed E-state index contributed by atoms with van der Waals surface area (Å²) in [5, 5.41) is 10.2. The van der Waals surface area contributed by atoms with Crippen molar-refractivity contribution in [1.82, 2.24) is 9.80 Å². The molecule has 2 aliphatic rings. The van der Waals surface area contributed by atoms with E-state index in [2.05, 4.69) is 4.90 Å². The number of nitrogens with zero attached hydrogens (tertiary/aromatic N) is 2. The van der Waals surface area contributed by atoms with Crippen molar-refractivity contribution in [1.29, 1.82) is 0 Å². The number of rotatable bonds is 4. The first-order chi connectivity index (χ1) is 8.58. The van der Waals surface area contributed by atoms with Gasteiger partial charge in [-0.15, -0.1) is 0 Å². The minimum atomic E-state index is -0.272. The lowest BCUT2D eigenvalue weighted by Gasteiger charge is -2.38. The summed E-state index contributed by atoms with van der Waals surface area (Å²) < 4.78 is 0. The molecular weight excluding hydrogens is 228 g/mol. The molecule has 1 saturated heterocycles. The van der Waals surface area contributed by atoms with Crippen LogP contribution in [0.4, 0.5) is 0 Å². The van der Waals surface area contributed by atoms with E-state index >= 15 is 0 Å². The van der Waals surface area contributed by atoms with E-state index in [-0.39, 0.29) is 18.1 Å². The molecule has 104 valence electrons. The molecule has 1 amide bonds. The van der Waals surface area contributed by atoms with E-state index in [0.29, 0.717) is 12.5 Å². The van der Waals surface area contributed by atoms with Crippen LogP contribution in [0, 0.1) is 5.92 Å². The van der Waals surface area contributed by atoms with Gasteiger partial charge in [0.05, 0.1) is 12.1 Å². The molecule has 1 N–H and O–H groups in total. The fraction of sp³-hybridized carbons (Fsp3) is 0.929. The number of aliphatic hydroxyl groups excluding tert-OH is 1. The molecule has 0 spiro atoms. The van der Waals surface area contributed by atoms with E-state index in [4.69, 9.17) is 0 Å². The minimum absolute atomic E-state index is 0.0815. The lowest BCUT2D eigenvalue weighted by Crippen LogP contribution is -2.56. The Morgan fingerprint density at radius 1 is 1.33 bits per heavy atom. The smallest absolute Gasteiger partial charge is 0.239 e. The molecule has 0 radical (unpaired) electrons. The van der Waals surface area contributed by atoms with Gasteiger partial charge in [0.15, 0.2) is 0 Å². The number of likely N-dealkylation sites (N-methyl/N-ethyl adjacent to an activating group) is 1. The van der Waals surface area contributed by atoms with E-state index in [9.17, 15) is 9.90 Å². The Bertz CT molecular complexity index is 290. The van der Waals surface area contributed by atoms with Crippen LogP contribution in [0.2, 0.25) is 0 Å². The molecule has 1 heterocycles. The zero-order valence-corrected chi connectivity index (χ0v) is 11.6. The summed E-state index contributed by atoms with van der Waals surface area (Å²) in [6.07, 6.45) is 5.82. The van der Waals surface area contributed by atoms with Gasteiger partial charge in [-0.05, 0) is 19.3 Å². The van der Waals surface area contributed by atoms with Gasteiger partial charge >= 0.3 is 0 Å². The highest BCUT2D eigenvalue weighted by Crippen LogP contribution is 2.28. The first-order valence-corrected chi connectivity index (χ1v) is 7.25. The van der Waals surface area contributed by atoms with Gasteiger partial charge in [0, 0.05) is 26.7 Å². The van der Waals surface area contributed by atoms with Gasteiger partial charge in [-0.25, -0.2) is 0 Å². The van der Waals surface area contributed by atoms with Crippen molar-refractivity contribution in [2.45, 2.75) is 51.2 Å². The largest absolute Gasteiger partial charge is 0.392 e. The van der Waals surface area contributed by atoms with Crippen LogP contribution in [0.15, 0.2) is 0 Å². The van der Waals surface area contributed by atoms with Crippen LogP contribution in [-0.4, -0.2) is 59.6 Å². The Balaban J connectivity index is 1.79. The van der Waals surface area contributed by atoms with Gasteiger partial charge in [-0.2, -0.15) is 0 Å². The molecule has 2 rings (SSSR count). The molecule has 2 fully saturated rings. The second-order valence-corrected chi connectivity index (χ2v) is 5.97. The number of amides is 1. The van der Waals surface area contributed by atoms with E-state index in [0.717, 1.165) is 19.5 Å². The first-order valence-electron chi connectivity index (χ1n) is 7.25. The van der Waals surface area contributed by atoms with Crippen molar-refractivity contribution < 1.29 is 9.90 Å². The quantitative estimate of drug-likeness (QED) is 0.817. The number of hydrogen-bond donors (Lipinski definition) is 1. The fourth-order valence-corrected chi connectivity index (χ4v) is 3.28. The van der Waals surface area contributed by atoms with E-state index in [1.807, 2.05) is 14.0 Å². The second kappa shape index (κ2) is 6.02. The Kier molecular flexibility index (Phi) is 4.62. The SMILES string of the molecule is CC1C(=O)N(C)CCN1CC(O)CC1CCCC1. The van der Waals surface area contributed by atoms with Gasteiger partial charge in [0.25, 0.3) is 0 Å². The van der Waals surface area contributed by atoms with Crippen molar-refractivity contribution >= 4 is 5.91 Å². The van der Waals surface area contributed by atoms with Crippen molar-refractivity contribution in [3.8, 4) is 0 Å². The summed E-state index contributed by atoms with van der Waals surface area (Å²) in [6, 6.07) is -0.0815. The van der Waals surface area contributed by atoms with E-state index < -0.39 is 0 Å². The third kappa shape index (κ3) is 3.23. The van der Waals surface area contributed by atoms with Crippen LogP contribution < -0.4 is 0 Å². The molecule has 2 atom stereocenters. The molecule has 4 nitrogen and oxygen atoms in total. The molecule has 4 heteroatoms. The summed E-state index contributed by atoms with van der Waals surface area (Å²) in [5.74, 6) is 0.882. The van der Waals surface area contributed by atoms with E-state index in [1.54, 1.807) is 4.90 Å². The van der Waals surface area contributed by atoms with Gasteiger partial charge in [-0.3, -0.25) is 9.69 Å².